The maximum absolute atomic E-state index is 14.1. The summed E-state index contributed by atoms with van der Waals surface area (Å²) in [4.78, 5) is 41.4. The molecule has 2 aliphatic heterocycles. The summed E-state index contributed by atoms with van der Waals surface area (Å²) in [6.45, 7) is 1.45. The fourth-order valence-electron chi connectivity index (χ4n) is 5.33. The van der Waals surface area contributed by atoms with Crippen molar-refractivity contribution in [3.8, 4) is 5.75 Å². The lowest BCUT2D eigenvalue weighted by atomic mass is 10.0. The molecule has 52 heavy (non-hydrogen) atoms. The van der Waals surface area contributed by atoms with Gasteiger partial charge in [0.05, 0.1) is 24.7 Å². The quantitative estimate of drug-likeness (QED) is 0.127. The summed E-state index contributed by atoms with van der Waals surface area (Å²) in [7, 11) is -4.52. The lowest BCUT2D eigenvalue weighted by molar-refractivity contribution is -0.274. The minimum Gasteiger partial charge on any atom is -0.406 e. The van der Waals surface area contributed by atoms with Gasteiger partial charge in [0.25, 0.3) is 5.92 Å². The van der Waals surface area contributed by atoms with Gasteiger partial charge in [0.1, 0.15) is 18.3 Å². The number of hydrazine groups is 1. The molecule has 1 atom stereocenters. The molecule has 2 aromatic carbocycles. The van der Waals surface area contributed by atoms with Crippen LogP contribution < -0.4 is 15.9 Å². The van der Waals surface area contributed by atoms with Crippen molar-refractivity contribution in [3.63, 3.8) is 0 Å². The van der Waals surface area contributed by atoms with E-state index in [0.717, 1.165) is 33.7 Å². The summed E-state index contributed by atoms with van der Waals surface area (Å²) in [5.74, 6) is 0.495. The number of morpholine rings is 1. The topological polar surface area (TPSA) is 180 Å². The van der Waals surface area contributed by atoms with Gasteiger partial charge in [0.2, 0.25) is 27.7 Å². The van der Waals surface area contributed by atoms with E-state index >= 15 is 0 Å². The van der Waals surface area contributed by atoms with Gasteiger partial charge in [0.15, 0.2) is 0 Å². The van der Waals surface area contributed by atoms with Crippen LogP contribution in [0, 0.1) is 0 Å². The minimum absolute atomic E-state index is 0.00390. The second kappa shape index (κ2) is 17.4. The number of ether oxygens (including phenoxy) is 2. The van der Waals surface area contributed by atoms with Gasteiger partial charge in [-0.15, -0.1) is 13.2 Å². The van der Waals surface area contributed by atoms with Crippen LogP contribution in [0.15, 0.2) is 63.8 Å². The number of nitrogens with zero attached hydrogens (tertiary/aromatic N) is 6. The van der Waals surface area contributed by atoms with Gasteiger partial charge in [-0.05, 0) is 29.8 Å². The first-order valence-electron chi connectivity index (χ1n) is 16.2. The van der Waals surface area contributed by atoms with Gasteiger partial charge >= 0.3 is 6.36 Å². The predicted molar refractivity (Wildman–Crippen MR) is 172 cm³/mol. The lowest BCUT2D eigenvalue weighted by Crippen LogP contribution is -2.62. The van der Waals surface area contributed by atoms with Gasteiger partial charge in [-0.3, -0.25) is 14.4 Å². The van der Waals surface area contributed by atoms with E-state index in [9.17, 15) is 44.8 Å². The summed E-state index contributed by atoms with van der Waals surface area (Å²) >= 11 is 0. The minimum atomic E-state index is -5.01. The Morgan fingerprint density at radius 2 is 1.62 bits per heavy atom. The van der Waals surface area contributed by atoms with Crippen molar-refractivity contribution in [2.24, 2.45) is 16.2 Å². The Morgan fingerprint density at radius 3 is 2.23 bits per heavy atom. The highest BCUT2D eigenvalue weighted by molar-refractivity contribution is 7.89. The molecule has 3 N–H and O–H groups in total. The summed E-state index contributed by atoms with van der Waals surface area (Å²) in [5.41, 5.74) is 0.212. The molecular weight excluding hydrogens is 723 g/mol. The van der Waals surface area contributed by atoms with Crippen LogP contribution in [-0.4, -0.2) is 117 Å². The zero-order valence-corrected chi connectivity index (χ0v) is 28.9. The monoisotopic (exact) mass is 762 g/mol. The molecule has 0 radical (unpaired) electrons. The van der Waals surface area contributed by atoms with E-state index in [1.54, 1.807) is 4.90 Å². The van der Waals surface area contributed by atoms with E-state index in [1.165, 1.54) is 36.1 Å². The number of nitrogens with two attached hydrogens (primary N) is 1. The van der Waals surface area contributed by atoms with E-state index < -0.39 is 70.3 Å². The third-order valence-corrected chi connectivity index (χ3v) is 10.1. The van der Waals surface area contributed by atoms with E-state index in [-0.39, 0.29) is 44.1 Å². The lowest BCUT2D eigenvalue weighted by Gasteiger charge is -2.39. The summed E-state index contributed by atoms with van der Waals surface area (Å²) in [6, 6.07) is 7.09. The highest BCUT2D eigenvalue weighted by atomic mass is 32.2. The number of sulfonamides is 1. The summed E-state index contributed by atoms with van der Waals surface area (Å²) in [5, 5.41) is 10.9. The molecule has 0 aliphatic carbocycles. The molecule has 0 spiro atoms. The Balaban J connectivity index is 1.44. The molecule has 21 heteroatoms. The standard InChI is InChI=1S/C31H39F5N8O7S/c1-2-30(32,33)23-5-3-22(4-6-23)19-38-29(47)26-20-42(28(46)21-44(37)40-39-12-11-27(45)41-15-17-50-18-16-41)13-14-43(26)52(48,49)25-9-7-24(8-10-25)51-31(34,35)36/h3-10,26H,2,11-21,37H2,1H3,(H,38,47)/t26-/m1/s1. The first-order valence-corrected chi connectivity index (χ1v) is 17.6. The van der Waals surface area contributed by atoms with Crippen LogP contribution in [0.3, 0.4) is 0 Å². The Hall–Kier alpha value is -4.47. The number of hydrogen-bond acceptors (Lipinski definition) is 10. The molecule has 2 fully saturated rings. The Morgan fingerprint density at radius 1 is 0.962 bits per heavy atom. The van der Waals surface area contributed by atoms with E-state index in [0.29, 0.717) is 31.9 Å². The number of rotatable bonds is 14. The molecule has 0 aromatic heterocycles. The van der Waals surface area contributed by atoms with Gasteiger partial charge in [0, 0.05) is 57.7 Å². The Bertz CT molecular complexity index is 1680. The summed E-state index contributed by atoms with van der Waals surface area (Å²) < 4.78 is 103. The fraction of sp³-hybridized carbons (Fsp3) is 0.516. The molecule has 2 aromatic rings. The van der Waals surface area contributed by atoms with Crippen molar-refractivity contribution in [1.82, 2.24) is 24.5 Å². The molecule has 2 saturated heterocycles. The molecule has 3 amide bonds. The number of halogens is 5. The Labute approximate surface area is 296 Å². The van der Waals surface area contributed by atoms with E-state index in [1.807, 2.05) is 0 Å². The molecule has 286 valence electrons. The molecule has 2 heterocycles. The second-order valence-corrected chi connectivity index (χ2v) is 13.6. The second-order valence-electron chi connectivity index (χ2n) is 11.8. The number of hydrogen-bond donors (Lipinski definition) is 2. The zero-order chi connectivity index (χ0) is 38.1. The third kappa shape index (κ3) is 11.0. The van der Waals surface area contributed by atoms with Crippen LogP contribution in [0.2, 0.25) is 0 Å². The molecular formula is C31H39F5N8O7S. The van der Waals surface area contributed by atoms with Crippen LogP contribution in [0.1, 0.15) is 30.9 Å². The van der Waals surface area contributed by atoms with Crippen LogP contribution in [-0.2, 0) is 41.6 Å². The molecule has 4 rings (SSSR count). The summed E-state index contributed by atoms with van der Waals surface area (Å²) in [6.07, 6.45) is -5.36. The first kappa shape index (κ1) is 40.3. The van der Waals surface area contributed by atoms with Crippen molar-refractivity contribution in [3.05, 3.63) is 59.7 Å². The molecule has 2 aliphatic rings. The number of piperazine rings is 1. The number of amides is 3. The SMILES string of the molecule is CCC(F)(F)c1ccc(CNC(=O)[C@H]2CN(C(=O)CN(N)N=NCCC(=O)N3CCOCC3)CCN2S(=O)(=O)c2ccc(OC(F)(F)F)cc2)cc1. The van der Waals surface area contributed by atoms with E-state index in [4.69, 9.17) is 10.6 Å². The number of carbonyl (C=O) groups excluding carboxylic acids is 3. The van der Waals surface area contributed by atoms with Crippen LogP contribution in [0.5, 0.6) is 5.75 Å². The van der Waals surface area contributed by atoms with Gasteiger partial charge in [-0.25, -0.2) is 28.2 Å². The molecule has 0 saturated carbocycles. The third-order valence-electron chi connectivity index (χ3n) is 8.20. The molecule has 0 bridgehead atoms. The van der Waals surface area contributed by atoms with Crippen molar-refractivity contribution < 1.29 is 54.2 Å². The number of carbonyl (C=O) groups is 3. The Kier molecular flexibility index (Phi) is 13.5. The van der Waals surface area contributed by atoms with Gasteiger partial charge in [-0.2, -0.15) is 9.42 Å². The van der Waals surface area contributed by atoms with Crippen molar-refractivity contribution in [2.75, 3.05) is 59.0 Å². The zero-order valence-electron chi connectivity index (χ0n) is 28.1. The average molecular weight is 763 g/mol. The van der Waals surface area contributed by atoms with Crippen LogP contribution >= 0.6 is 0 Å². The van der Waals surface area contributed by atoms with Gasteiger partial charge in [-0.1, -0.05) is 36.4 Å². The fourth-order valence-corrected chi connectivity index (χ4v) is 6.90. The van der Waals surface area contributed by atoms with Gasteiger partial charge < -0.3 is 24.6 Å². The van der Waals surface area contributed by atoms with Crippen molar-refractivity contribution in [2.45, 2.75) is 49.5 Å². The number of nitrogens with one attached hydrogen (secondary N) is 1. The highest BCUT2D eigenvalue weighted by Crippen LogP contribution is 2.31. The normalized spacial score (nSPS) is 17.6. The van der Waals surface area contributed by atoms with Crippen molar-refractivity contribution >= 4 is 27.7 Å². The first-order chi connectivity index (χ1) is 24.5. The predicted octanol–water partition coefficient (Wildman–Crippen LogP) is 2.40. The average Bonchev–Trinajstić information content (AvgIpc) is 3.12. The number of benzene rings is 2. The van der Waals surface area contributed by atoms with Crippen LogP contribution in [0.4, 0.5) is 22.0 Å². The maximum atomic E-state index is 14.1. The number of alkyl halides is 5. The molecule has 15 nitrogen and oxygen atoms in total. The molecule has 0 unspecified atom stereocenters. The largest absolute Gasteiger partial charge is 0.573 e. The van der Waals surface area contributed by atoms with Crippen LogP contribution in [0.25, 0.3) is 0 Å². The van der Waals surface area contributed by atoms with E-state index in [2.05, 4.69) is 20.4 Å². The highest BCUT2D eigenvalue weighted by Gasteiger charge is 2.42. The smallest absolute Gasteiger partial charge is 0.406 e. The maximum Gasteiger partial charge on any atom is 0.573 e. The van der Waals surface area contributed by atoms with Crippen molar-refractivity contribution in [1.29, 1.82) is 0 Å².